The van der Waals surface area contributed by atoms with Crippen LogP contribution in [-0.4, -0.2) is 34.6 Å². The molecule has 8 bridgehead atoms. The second-order valence-electron chi connectivity index (χ2n) is 14.1. The van der Waals surface area contributed by atoms with Gasteiger partial charge in [-0.3, -0.25) is 0 Å². The zero-order valence-electron chi connectivity index (χ0n) is 27.1. The van der Waals surface area contributed by atoms with E-state index in [1.165, 1.54) is 0 Å². The number of fused-ring (bicyclic) bond motifs is 8. The highest BCUT2D eigenvalue weighted by molar-refractivity contribution is 5.59. The molecule has 4 aromatic carbocycles. The molecule has 6 heteroatoms. The zero-order valence-corrected chi connectivity index (χ0v) is 27.1. The Morgan fingerprint density at radius 2 is 0.682 bits per heavy atom. The molecule has 44 heavy (non-hydrogen) atoms. The van der Waals surface area contributed by atoms with Crippen LogP contribution >= 0.6 is 0 Å². The van der Waals surface area contributed by atoms with E-state index in [4.69, 9.17) is 9.47 Å². The molecule has 1 aliphatic carbocycles. The highest BCUT2D eigenvalue weighted by Crippen LogP contribution is 2.42. The summed E-state index contributed by atoms with van der Waals surface area (Å²) in [4.78, 5) is 0. The van der Waals surface area contributed by atoms with Crippen LogP contribution in [0.3, 0.4) is 0 Å². The lowest BCUT2D eigenvalue weighted by Gasteiger charge is -2.26. The lowest BCUT2D eigenvalue weighted by atomic mass is 9.81. The average Bonchev–Trinajstić information content (AvgIpc) is 2.92. The maximum atomic E-state index is 11.6. The minimum atomic E-state index is -0.196. The number of ether oxygens (including phenoxy) is 2. The van der Waals surface area contributed by atoms with Gasteiger partial charge in [0.25, 0.3) is 0 Å². The van der Waals surface area contributed by atoms with Crippen molar-refractivity contribution in [2.24, 2.45) is 0 Å². The SMILES string of the molecule is COc1c2cc(C(C)(C)C)cc1Cc1cc(O)cc(c1O)Cc1cc(C(C)(C)C)cc(c1OC)Cc1cc(O)cc(c1O)C2. The fourth-order valence-corrected chi connectivity index (χ4v) is 6.27. The van der Waals surface area contributed by atoms with Crippen molar-refractivity contribution in [1.29, 1.82) is 0 Å². The molecule has 0 heterocycles. The first-order chi connectivity index (χ1) is 20.6. The van der Waals surface area contributed by atoms with Crippen molar-refractivity contribution in [2.45, 2.75) is 78.1 Å². The molecular formula is C38H44O6. The van der Waals surface area contributed by atoms with Crippen LogP contribution < -0.4 is 9.47 Å². The topological polar surface area (TPSA) is 99.4 Å². The van der Waals surface area contributed by atoms with Crippen molar-refractivity contribution in [2.75, 3.05) is 14.2 Å². The predicted octanol–water partition coefficient (Wildman–Crippen LogP) is 7.80. The van der Waals surface area contributed by atoms with Crippen LogP contribution in [0.25, 0.3) is 0 Å². The summed E-state index contributed by atoms with van der Waals surface area (Å²) in [6, 6.07) is 14.8. The largest absolute Gasteiger partial charge is 0.508 e. The van der Waals surface area contributed by atoms with Gasteiger partial charge in [0.1, 0.15) is 34.5 Å². The molecule has 0 aromatic heterocycles. The molecule has 0 saturated heterocycles. The van der Waals surface area contributed by atoms with Gasteiger partial charge in [-0.25, -0.2) is 0 Å². The Labute approximate surface area is 260 Å². The highest BCUT2D eigenvalue weighted by atomic mass is 16.5. The monoisotopic (exact) mass is 596 g/mol. The Morgan fingerprint density at radius 1 is 0.432 bits per heavy atom. The fraction of sp³-hybridized carbons (Fsp3) is 0.368. The molecule has 0 radical (unpaired) electrons. The number of phenols is 4. The van der Waals surface area contributed by atoms with Gasteiger partial charge >= 0.3 is 0 Å². The summed E-state index contributed by atoms with van der Waals surface area (Å²) in [6.45, 7) is 12.8. The summed E-state index contributed by atoms with van der Waals surface area (Å²) in [5.74, 6) is 1.67. The van der Waals surface area contributed by atoms with Crippen molar-refractivity contribution in [3.63, 3.8) is 0 Å². The van der Waals surface area contributed by atoms with E-state index in [1.807, 2.05) is 0 Å². The van der Waals surface area contributed by atoms with Crippen molar-refractivity contribution in [3.8, 4) is 34.5 Å². The van der Waals surface area contributed by atoms with Crippen molar-refractivity contribution in [3.05, 3.63) is 104 Å². The van der Waals surface area contributed by atoms with E-state index in [0.717, 1.165) is 33.4 Å². The fourth-order valence-electron chi connectivity index (χ4n) is 6.27. The van der Waals surface area contributed by atoms with Gasteiger partial charge in [-0.2, -0.15) is 0 Å². The van der Waals surface area contributed by atoms with Gasteiger partial charge in [0, 0.05) is 47.9 Å². The molecule has 0 unspecified atom stereocenters. The molecule has 0 saturated carbocycles. The summed E-state index contributed by atoms with van der Waals surface area (Å²) >= 11 is 0. The van der Waals surface area contributed by atoms with E-state index in [2.05, 4.69) is 65.8 Å². The predicted molar refractivity (Wildman–Crippen MR) is 174 cm³/mol. The van der Waals surface area contributed by atoms with Crippen LogP contribution in [-0.2, 0) is 36.5 Å². The number of hydrogen-bond donors (Lipinski definition) is 4. The molecule has 232 valence electrons. The Morgan fingerprint density at radius 3 is 0.886 bits per heavy atom. The molecule has 4 aromatic rings. The Balaban J connectivity index is 1.86. The molecular weight excluding hydrogens is 552 g/mol. The van der Waals surface area contributed by atoms with E-state index in [0.29, 0.717) is 59.4 Å². The molecule has 0 aliphatic heterocycles. The highest BCUT2D eigenvalue weighted by Gasteiger charge is 2.26. The lowest BCUT2D eigenvalue weighted by Crippen LogP contribution is -2.14. The molecule has 1 aliphatic rings. The molecule has 6 nitrogen and oxygen atoms in total. The Bertz CT molecular complexity index is 1510. The van der Waals surface area contributed by atoms with Gasteiger partial charge in [-0.1, -0.05) is 65.8 Å². The second kappa shape index (κ2) is 11.3. The van der Waals surface area contributed by atoms with E-state index >= 15 is 0 Å². The van der Waals surface area contributed by atoms with Gasteiger partial charge in [-0.15, -0.1) is 0 Å². The number of aromatic hydroxyl groups is 4. The minimum Gasteiger partial charge on any atom is -0.508 e. The van der Waals surface area contributed by atoms with Crippen LogP contribution in [0.2, 0.25) is 0 Å². The van der Waals surface area contributed by atoms with Crippen LogP contribution in [0.5, 0.6) is 34.5 Å². The number of benzene rings is 4. The summed E-state index contributed by atoms with van der Waals surface area (Å²) in [5.41, 5.74) is 7.46. The van der Waals surface area contributed by atoms with Crippen molar-refractivity contribution in [1.82, 2.24) is 0 Å². The van der Waals surface area contributed by atoms with Gasteiger partial charge in [0.2, 0.25) is 0 Å². The van der Waals surface area contributed by atoms with Crippen LogP contribution in [0, 0.1) is 0 Å². The third kappa shape index (κ3) is 6.03. The van der Waals surface area contributed by atoms with E-state index in [9.17, 15) is 20.4 Å². The van der Waals surface area contributed by atoms with Crippen molar-refractivity contribution < 1.29 is 29.9 Å². The Hall–Kier alpha value is -4.32. The molecule has 5 rings (SSSR count). The standard InChI is InChI=1S/C38H44O6/c1-37(2,3)29-13-25-9-21-17-31(39)19-23(33(21)41)11-27-15-30(38(4,5)6)16-28(36(27)44-8)12-24-20-32(40)18-22(34(24)42)10-26(14-29)35(25)43-7/h13-20,39-42H,9-12H2,1-8H3. The van der Waals surface area contributed by atoms with Gasteiger partial charge in [-0.05, 0) is 68.5 Å². The summed E-state index contributed by atoms with van der Waals surface area (Å²) in [5, 5.41) is 45.0. The van der Waals surface area contributed by atoms with E-state index < -0.39 is 0 Å². The lowest BCUT2D eigenvalue weighted by molar-refractivity contribution is 0.402. The summed E-state index contributed by atoms with van der Waals surface area (Å²) in [6.07, 6.45) is 1.26. The van der Waals surface area contributed by atoms with Gasteiger partial charge in [0.05, 0.1) is 14.2 Å². The van der Waals surface area contributed by atoms with E-state index in [1.54, 1.807) is 38.5 Å². The third-order valence-electron chi connectivity index (χ3n) is 8.65. The quantitative estimate of drug-likeness (QED) is 0.155. The minimum absolute atomic E-state index is 0.0710. The number of phenolic OH excluding ortho intramolecular Hbond substituents is 4. The third-order valence-corrected chi connectivity index (χ3v) is 8.65. The summed E-state index contributed by atoms with van der Waals surface area (Å²) in [7, 11) is 3.23. The molecule has 4 N–H and O–H groups in total. The second-order valence-corrected chi connectivity index (χ2v) is 14.1. The number of rotatable bonds is 2. The van der Waals surface area contributed by atoms with Gasteiger partial charge in [0.15, 0.2) is 0 Å². The summed E-state index contributed by atoms with van der Waals surface area (Å²) < 4.78 is 12.0. The molecule has 0 fully saturated rings. The number of hydrogen-bond acceptors (Lipinski definition) is 6. The first kappa shape index (κ1) is 31.1. The van der Waals surface area contributed by atoms with Crippen molar-refractivity contribution >= 4 is 0 Å². The maximum Gasteiger partial charge on any atom is 0.125 e. The maximum absolute atomic E-state index is 11.6. The number of methoxy groups -OCH3 is 2. The first-order valence-corrected chi connectivity index (χ1v) is 15.1. The first-order valence-electron chi connectivity index (χ1n) is 15.1. The average molecular weight is 597 g/mol. The smallest absolute Gasteiger partial charge is 0.125 e. The molecule has 0 amide bonds. The van der Waals surface area contributed by atoms with E-state index in [-0.39, 0.29) is 33.8 Å². The van der Waals surface area contributed by atoms with Crippen LogP contribution in [0.1, 0.15) is 97.2 Å². The zero-order chi connectivity index (χ0) is 32.1. The molecule has 0 atom stereocenters. The van der Waals surface area contributed by atoms with Crippen LogP contribution in [0.15, 0.2) is 48.5 Å². The Kier molecular flexibility index (Phi) is 8.00. The molecule has 0 spiro atoms. The normalized spacial score (nSPS) is 13.5. The van der Waals surface area contributed by atoms with Gasteiger partial charge < -0.3 is 29.9 Å². The van der Waals surface area contributed by atoms with Crippen LogP contribution in [0.4, 0.5) is 0 Å².